The predicted octanol–water partition coefficient (Wildman–Crippen LogP) is 5.07. The quantitative estimate of drug-likeness (QED) is 0.577. The summed E-state index contributed by atoms with van der Waals surface area (Å²) in [7, 11) is 0. The third-order valence-electron chi connectivity index (χ3n) is 4.42. The third kappa shape index (κ3) is 2.39. The number of rotatable bonds is 4. The fraction of sp³-hybridized carbons (Fsp3) is 0.471. The van der Waals surface area contributed by atoms with Crippen LogP contribution in [0.1, 0.15) is 38.1 Å². The van der Waals surface area contributed by atoms with Crippen molar-refractivity contribution in [2.24, 2.45) is 5.92 Å². The van der Waals surface area contributed by atoms with Crippen LogP contribution in [0.5, 0.6) is 0 Å². The standard InChI is InChI=1S/C17H22N2S/c1-3-15(13-9-5-4-6-10-13)19-16-12-8-7-11-14(16)18-17(19)20-2/h3,7-8,11-13,15H,1,4-6,9-10H2,2H3/t15-/m0/s1. The second-order valence-electron chi connectivity index (χ2n) is 5.58. The lowest BCUT2D eigenvalue weighted by Gasteiger charge is -2.30. The zero-order valence-electron chi connectivity index (χ0n) is 12.1. The molecule has 1 atom stereocenters. The van der Waals surface area contributed by atoms with Crippen molar-refractivity contribution in [1.82, 2.24) is 9.55 Å². The highest BCUT2D eigenvalue weighted by atomic mass is 32.2. The summed E-state index contributed by atoms with van der Waals surface area (Å²) < 4.78 is 2.41. The van der Waals surface area contributed by atoms with Crippen LogP contribution in [0, 0.1) is 5.92 Å². The van der Waals surface area contributed by atoms with E-state index in [0.29, 0.717) is 12.0 Å². The Kier molecular flexibility index (Phi) is 4.16. The molecule has 20 heavy (non-hydrogen) atoms. The second kappa shape index (κ2) is 6.04. The summed E-state index contributed by atoms with van der Waals surface area (Å²) in [5.74, 6) is 0.713. The van der Waals surface area contributed by atoms with E-state index in [1.54, 1.807) is 11.8 Å². The zero-order chi connectivity index (χ0) is 13.9. The number of imidazole rings is 1. The molecule has 1 aromatic carbocycles. The topological polar surface area (TPSA) is 17.8 Å². The Morgan fingerprint density at radius 3 is 2.75 bits per heavy atom. The Hall–Kier alpha value is -1.22. The first kappa shape index (κ1) is 13.7. The summed E-state index contributed by atoms with van der Waals surface area (Å²) in [5.41, 5.74) is 2.34. The number of aromatic nitrogens is 2. The van der Waals surface area contributed by atoms with Gasteiger partial charge in [0.15, 0.2) is 5.16 Å². The largest absolute Gasteiger partial charge is 0.312 e. The van der Waals surface area contributed by atoms with Crippen molar-refractivity contribution < 1.29 is 0 Å². The van der Waals surface area contributed by atoms with Crippen molar-refractivity contribution in [3.05, 3.63) is 36.9 Å². The van der Waals surface area contributed by atoms with E-state index in [9.17, 15) is 0 Å². The fourth-order valence-corrected chi connectivity index (χ4v) is 4.05. The normalized spacial score (nSPS) is 18.2. The molecule has 0 aliphatic heterocycles. The van der Waals surface area contributed by atoms with Gasteiger partial charge in [0.25, 0.3) is 0 Å². The van der Waals surface area contributed by atoms with Crippen LogP contribution in [0.2, 0.25) is 0 Å². The molecule has 1 saturated carbocycles. The van der Waals surface area contributed by atoms with Gasteiger partial charge in [-0.25, -0.2) is 4.98 Å². The van der Waals surface area contributed by atoms with E-state index in [4.69, 9.17) is 4.98 Å². The lowest BCUT2D eigenvalue weighted by Crippen LogP contribution is -2.20. The summed E-state index contributed by atoms with van der Waals surface area (Å²) in [6.45, 7) is 4.12. The molecule has 0 unspecified atom stereocenters. The third-order valence-corrected chi connectivity index (χ3v) is 5.07. The Morgan fingerprint density at radius 1 is 1.30 bits per heavy atom. The Balaban J connectivity index is 2.07. The van der Waals surface area contributed by atoms with Crippen LogP contribution in [0.4, 0.5) is 0 Å². The molecule has 2 nitrogen and oxygen atoms in total. The summed E-state index contributed by atoms with van der Waals surface area (Å²) in [5, 5.41) is 1.11. The van der Waals surface area contributed by atoms with Gasteiger partial charge in [0.1, 0.15) is 0 Å². The molecule has 1 aromatic heterocycles. The van der Waals surface area contributed by atoms with Crippen LogP contribution in [0.25, 0.3) is 11.0 Å². The van der Waals surface area contributed by atoms with Crippen molar-refractivity contribution in [1.29, 1.82) is 0 Å². The molecular formula is C17H22N2S. The summed E-state index contributed by atoms with van der Waals surface area (Å²) in [6, 6.07) is 8.83. The molecule has 3 rings (SSSR count). The molecule has 1 fully saturated rings. The molecule has 2 aromatic rings. The number of nitrogens with zero attached hydrogens (tertiary/aromatic N) is 2. The van der Waals surface area contributed by atoms with Gasteiger partial charge >= 0.3 is 0 Å². The molecule has 0 saturated heterocycles. The molecule has 1 aliphatic carbocycles. The highest BCUT2D eigenvalue weighted by Crippen LogP contribution is 2.37. The minimum absolute atomic E-state index is 0.380. The SMILES string of the molecule is C=C[C@@H](C1CCCCC1)n1c(SC)nc2ccccc21. The van der Waals surface area contributed by atoms with Crippen LogP contribution in [-0.2, 0) is 0 Å². The molecule has 3 heteroatoms. The summed E-state index contributed by atoms with van der Waals surface area (Å²) in [4.78, 5) is 4.77. The summed E-state index contributed by atoms with van der Waals surface area (Å²) in [6.07, 6.45) is 11.0. The molecule has 0 amide bonds. The van der Waals surface area contributed by atoms with Gasteiger partial charge in [-0.1, -0.05) is 49.2 Å². The lowest BCUT2D eigenvalue weighted by atomic mass is 9.84. The van der Waals surface area contributed by atoms with E-state index in [1.807, 2.05) is 0 Å². The molecular weight excluding hydrogens is 264 g/mol. The average molecular weight is 286 g/mol. The minimum Gasteiger partial charge on any atom is -0.312 e. The first-order valence-corrected chi connectivity index (χ1v) is 8.71. The van der Waals surface area contributed by atoms with Gasteiger partial charge in [0.05, 0.1) is 17.1 Å². The number of allylic oxidation sites excluding steroid dienone is 1. The van der Waals surface area contributed by atoms with E-state index >= 15 is 0 Å². The minimum atomic E-state index is 0.380. The van der Waals surface area contributed by atoms with Crippen LogP contribution < -0.4 is 0 Å². The molecule has 0 spiro atoms. The Morgan fingerprint density at radius 2 is 2.05 bits per heavy atom. The van der Waals surface area contributed by atoms with Crippen LogP contribution >= 0.6 is 11.8 Å². The van der Waals surface area contributed by atoms with E-state index in [2.05, 4.69) is 47.7 Å². The zero-order valence-corrected chi connectivity index (χ0v) is 12.9. The molecule has 1 aliphatic rings. The van der Waals surface area contributed by atoms with Crippen molar-refractivity contribution in [2.45, 2.75) is 43.3 Å². The van der Waals surface area contributed by atoms with Crippen molar-refractivity contribution >= 4 is 22.8 Å². The maximum Gasteiger partial charge on any atom is 0.169 e. The Labute approximate surface area is 125 Å². The van der Waals surface area contributed by atoms with Crippen LogP contribution in [-0.4, -0.2) is 15.8 Å². The number of hydrogen-bond acceptors (Lipinski definition) is 2. The molecule has 0 N–H and O–H groups in total. The monoisotopic (exact) mass is 286 g/mol. The van der Waals surface area contributed by atoms with Gasteiger partial charge in [-0.05, 0) is 37.1 Å². The van der Waals surface area contributed by atoms with E-state index in [0.717, 1.165) is 10.7 Å². The van der Waals surface area contributed by atoms with Crippen molar-refractivity contribution in [3.63, 3.8) is 0 Å². The molecule has 1 heterocycles. The smallest absolute Gasteiger partial charge is 0.169 e. The first-order valence-electron chi connectivity index (χ1n) is 7.48. The van der Waals surface area contributed by atoms with Gasteiger partial charge in [-0.15, -0.1) is 6.58 Å². The number of hydrogen-bond donors (Lipinski definition) is 0. The van der Waals surface area contributed by atoms with Crippen LogP contribution in [0.15, 0.2) is 42.1 Å². The number of thioether (sulfide) groups is 1. The van der Waals surface area contributed by atoms with E-state index < -0.39 is 0 Å². The van der Waals surface area contributed by atoms with Gasteiger partial charge in [0.2, 0.25) is 0 Å². The van der Waals surface area contributed by atoms with Gasteiger partial charge < -0.3 is 4.57 Å². The highest BCUT2D eigenvalue weighted by Gasteiger charge is 2.26. The van der Waals surface area contributed by atoms with Gasteiger partial charge in [0, 0.05) is 0 Å². The van der Waals surface area contributed by atoms with Gasteiger partial charge in [-0.3, -0.25) is 0 Å². The van der Waals surface area contributed by atoms with E-state index in [-0.39, 0.29) is 0 Å². The number of benzene rings is 1. The van der Waals surface area contributed by atoms with Crippen molar-refractivity contribution in [3.8, 4) is 0 Å². The number of para-hydroxylation sites is 2. The first-order chi connectivity index (χ1) is 9.85. The maximum absolute atomic E-state index is 4.77. The Bertz CT molecular complexity index is 596. The molecule has 106 valence electrons. The average Bonchev–Trinajstić information content (AvgIpc) is 2.88. The lowest BCUT2D eigenvalue weighted by molar-refractivity contribution is 0.281. The predicted molar refractivity (Wildman–Crippen MR) is 87.3 cm³/mol. The van der Waals surface area contributed by atoms with E-state index in [1.165, 1.54) is 37.6 Å². The second-order valence-corrected chi connectivity index (χ2v) is 6.35. The summed E-state index contributed by atoms with van der Waals surface area (Å²) >= 11 is 1.73. The van der Waals surface area contributed by atoms with Gasteiger partial charge in [-0.2, -0.15) is 0 Å². The number of fused-ring (bicyclic) bond motifs is 1. The fourth-order valence-electron chi connectivity index (χ4n) is 3.44. The highest BCUT2D eigenvalue weighted by molar-refractivity contribution is 7.98. The van der Waals surface area contributed by atoms with Crippen molar-refractivity contribution in [2.75, 3.05) is 6.26 Å². The molecule has 0 bridgehead atoms. The van der Waals surface area contributed by atoms with Crippen LogP contribution in [0.3, 0.4) is 0 Å². The maximum atomic E-state index is 4.77. The molecule has 0 radical (unpaired) electrons.